The van der Waals surface area contributed by atoms with Crippen LogP contribution in [0.25, 0.3) is 0 Å². The third-order valence-corrected chi connectivity index (χ3v) is 3.81. The SMILES string of the molecule is CC(=O)Nc1ccc(NCc2ccc(Cl)c(Cl)c2)cc1Cl. The summed E-state index contributed by atoms with van der Waals surface area (Å²) >= 11 is 18.0. The zero-order valence-corrected chi connectivity index (χ0v) is 13.5. The number of halogens is 3. The van der Waals surface area contributed by atoms with Crippen molar-refractivity contribution < 1.29 is 4.79 Å². The normalized spacial score (nSPS) is 10.3. The molecule has 2 rings (SSSR count). The maximum Gasteiger partial charge on any atom is 0.221 e. The van der Waals surface area contributed by atoms with Gasteiger partial charge in [0.2, 0.25) is 5.91 Å². The average molecular weight is 344 g/mol. The van der Waals surface area contributed by atoms with Gasteiger partial charge in [-0.25, -0.2) is 0 Å². The second kappa shape index (κ2) is 7.03. The molecular weight excluding hydrogens is 331 g/mol. The molecule has 0 unspecified atom stereocenters. The maximum absolute atomic E-state index is 11.0. The Morgan fingerprint density at radius 2 is 1.76 bits per heavy atom. The van der Waals surface area contributed by atoms with Gasteiger partial charge in [0.15, 0.2) is 0 Å². The molecule has 0 saturated heterocycles. The standard InChI is InChI=1S/C15H13Cl3N2O/c1-9(21)20-15-5-3-11(7-14(15)18)19-8-10-2-4-12(16)13(17)6-10/h2-7,19H,8H2,1H3,(H,20,21). The summed E-state index contributed by atoms with van der Waals surface area (Å²) in [7, 11) is 0. The van der Waals surface area contributed by atoms with Crippen LogP contribution in [0.3, 0.4) is 0 Å². The zero-order valence-electron chi connectivity index (χ0n) is 11.2. The molecule has 1 amide bonds. The van der Waals surface area contributed by atoms with Crippen LogP contribution in [0.15, 0.2) is 36.4 Å². The Bertz CT molecular complexity index is 674. The number of hydrogen-bond donors (Lipinski definition) is 2. The first-order valence-electron chi connectivity index (χ1n) is 6.20. The lowest BCUT2D eigenvalue weighted by molar-refractivity contribution is -0.114. The van der Waals surface area contributed by atoms with Crippen molar-refractivity contribution in [1.29, 1.82) is 0 Å². The average Bonchev–Trinajstić information content (AvgIpc) is 2.42. The van der Waals surface area contributed by atoms with Gasteiger partial charge in [-0.05, 0) is 35.9 Å². The lowest BCUT2D eigenvalue weighted by Gasteiger charge is -2.10. The van der Waals surface area contributed by atoms with E-state index in [1.807, 2.05) is 18.2 Å². The Balaban J connectivity index is 2.04. The van der Waals surface area contributed by atoms with Crippen LogP contribution in [0.2, 0.25) is 15.1 Å². The molecule has 0 aromatic heterocycles. The van der Waals surface area contributed by atoms with E-state index in [1.54, 1.807) is 18.2 Å². The largest absolute Gasteiger partial charge is 0.381 e. The van der Waals surface area contributed by atoms with E-state index in [1.165, 1.54) is 6.92 Å². The number of anilines is 2. The van der Waals surface area contributed by atoms with E-state index in [2.05, 4.69) is 10.6 Å². The van der Waals surface area contributed by atoms with Gasteiger partial charge in [0.1, 0.15) is 0 Å². The highest BCUT2D eigenvalue weighted by Gasteiger charge is 2.04. The van der Waals surface area contributed by atoms with Crippen molar-refractivity contribution in [2.45, 2.75) is 13.5 Å². The van der Waals surface area contributed by atoms with E-state index in [9.17, 15) is 4.79 Å². The summed E-state index contributed by atoms with van der Waals surface area (Å²) in [5, 5.41) is 7.42. The highest BCUT2D eigenvalue weighted by Crippen LogP contribution is 2.26. The fourth-order valence-corrected chi connectivity index (χ4v) is 2.32. The third kappa shape index (κ3) is 4.53. The van der Waals surface area contributed by atoms with Gasteiger partial charge in [0, 0.05) is 19.2 Å². The van der Waals surface area contributed by atoms with Crippen molar-refractivity contribution in [2.75, 3.05) is 10.6 Å². The van der Waals surface area contributed by atoms with Crippen molar-refractivity contribution in [3.05, 3.63) is 57.0 Å². The number of benzene rings is 2. The Labute approximate surface area is 138 Å². The van der Waals surface area contributed by atoms with Gasteiger partial charge in [0.05, 0.1) is 20.8 Å². The number of carbonyl (C=O) groups is 1. The molecule has 0 aliphatic heterocycles. The number of nitrogens with one attached hydrogen (secondary N) is 2. The molecule has 0 atom stereocenters. The van der Waals surface area contributed by atoms with Crippen LogP contribution < -0.4 is 10.6 Å². The third-order valence-electron chi connectivity index (χ3n) is 2.76. The summed E-state index contributed by atoms with van der Waals surface area (Å²) in [6, 6.07) is 10.8. The van der Waals surface area contributed by atoms with Gasteiger partial charge in [-0.3, -0.25) is 4.79 Å². The van der Waals surface area contributed by atoms with Crippen molar-refractivity contribution in [3.8, 4) is 0 Å². The molecule has 0 bridgehead atoms. The van der Waals surface area contributed by atoms with Gasteiger partial charge in [-0.15, -0.1) is 0 Å². The van der Waals surface area contributed by atoms with Crippen molar-refractivity contribution >= 4 is 52.1 Å². The summed E-state index contributed by atoms with van der Waals surface area (Å²) in [5.74, 6) is -0.159. The van der Waals surface area contributed by atoms with Crippen LogP contribution in [-0.4, -0.2) is 5.91 Å². The molecule has 0 aliphatic rings. The van der Waals surface area contributed by atoms with Crippen LogP contribution in [-0.2, 0) is 11.3 Å². The molecule has 2 aromatic carbocycles. The molecule has 0 fully saturated rings. The summed E-state index contributed by atoms with van der Waals surface area (Å²) < 4.78 is 0. The Kier molecular flexibility index (Phi) is 5.34. The molecule has 0 spiro atoms. The van der Waals surface area contributed by atoms with Gasteiger partial charge in [-0.2, -0.15) is 0 Å². The van der Waals surface area contributed by atoms with Crippen LogP contribution in [0, 0.1) is 0 Å². The predicted molar refractivity (Wildman–Crippen MR) is 89.5 cm³/mol. The van der Waals surface area contributed by atoms with Crippen LogP contribution >= 0.6 is 34.8 Å². The zero-order chi connectivity index (χ0) is 15.4. The maximum atomic E-state index is 11.0. The van der Waals surface area contributed by atoms with E-state index in [4.69, 9.17) is 34.8 Å². The highest BCUT2D eigenvalue weighted by atomic mass is 35.5. The quantitative estimate of drug-likeness (QED) is 0.799. The predicted octanol–water partition coefficient (Wildman–Crippen LogP) is 5.22. The summed E-state index contributed by atoms with van der Waals surface area (Å²) in [6.07, 6.45) is 0. The fourth-order valence-electron chi connectivity index (χ4n) is 1.77. The Hall–Kier alpha value is -1.42. The minimum Gasteiger partial charge on any atom is -0.381 e. The minimum absolute atomic E-state index is 0.159. The second-order valence-electron chi connectivity index (χ2n) is 4.48. The van der Waals surface area contributed by atoms with Gasteiger partial charge >= 0.3 is 0 Å². The Morgan fingerprint density at radius 1 is 1.00 bits per heavy atom. The smallest absolute Gasteiger partial charge is 0.221 e. The monoisotopic (exact) mass is 342 g/mol. The van der Waals surface area contributed by atoms with E-state index >= 15 is 0 Å². The number of hydrogen-bond acceptors (Lipinski definition) is 2. The fraction of sp³-hybridized carbons (Fsp3) is 0.133. The molecule has 21 heavy (non-hydrogen) atoms. The summed E-state index contributed by atoms with van der Waals surface area (Å²) in [5.41, 5.74) is 2.44. The molecule has 0 saturated carbocycles. The molecular formula is C15H13Cl3N2O. The van der Waals surface area contributed by atoms with E-state index < -0.39 is 0 Å². The van der Waals surface area contributed by atoms with E-state index in [-0.39, 0.29) is 5.91 Å². The lowest BCUT2D eigenvalue weighted by atomic mass is 10.2. The molecule has 0 radical (unpaired) electrons. The first-order valence-corrected chi connectivity index (χ1v) is 7.34. The summed E-state index contributed by atoms with van der Waals surface area (Å²) in [4.78, 5) is 11.0. The van der Waals surface area contributed by atoms with Crippen LogP contribution in [0.5, 0.6) is 0 Å². The molecule has 2 N–H and O–H groups in total. The van der Waals surface area contributed by atoms with Crippen LogP contribution in [0.4, 0.5) is 11.4 Å². The molecule has 6 heteroatoms. The number of carbonyl (C=O) groups excluding carboxylic acids is 1. The first-order chi connectivity index (χ1) is 9.95. The highest BCUT2D eigenvalue weighted by molar-refractivity contribution is 6.42. The molecule has 110 valence electrons. The number of amides is 1. The molecule has 3 nitrogen and oxygen atoms in total. The first kappa shape index (κ1) is 16.0. The van der Waals surface area contributed by atoms with Crippen LogP contribution in [0.1, 0.15) is 12.5 Å². The van der Waals surface area contributed by atoms with E-state index in [0.29, 0.717) is 27.3 Å². The van der Waals surface area contributed by atoms with Gasteiger partial charge in [0.25, 0.3) is 0 Å². The van der Waals surface area contributed by atoms with E-state index in [0.717, 1.165) is 11.3 Å². The topological polar surface area (TPSA) is 41.1 Å². The molecule has 0 aliphatic carbocycles. The van der Waals surface area contributed by atoms with Gasteiger partial charge in [-0.1, -0.05) is 40.9 Å². The van der Waals surface area contributed by atoms with Crippen molar-refractivity contribution in [1.82, 2.24) is 0 Å². The molecule has 2 aromatic rings. The number of rotatable bonds is 4. The van der Waals surface area contributed by atoms with Crippen molar-refractivity contribution in [3.63, 3.8) is 0 Å². The second-order valence-corrected chi connectivity index (χ2v) is 5.70. The van der Waals surface area contributed by atoms with Crippen molar-refractivity contribution in [2.24, 2.45) is 0 Å². The summed E-state index contributed by atoms with van der Waals surface area (Å²) in [6.45, 7) is 2.03. The lowest BCUT2D eigenvalue weighted by Crippen LogP contribution is -2.06. The molecule has 0 heterocycles. The minimum atomic E-state index is -0.159. The van der Waals surface area contributed by atoms with Gasteiger partial charge < -0.3 is 10.6 Å². The Morgan fingerprint density at radius 3 is 2.38 bits per heavy atom.